The Kier molecular flexibility index (Phi) is 3.11. The van der Waals surface area contributed by atoms with Crippen molar-refractivity contribution in [3.8, 4) is 12.3 Å². The Morgan fingerprint density at radius 1 is 1.40 bits per heavy atom. The summed E-state index contributed by atoms with van der Waals surface area (Å²) >= 11 is 0. The van der Waals surface area contributed by atoms with E-state index in [-0.39, 0.29) is 12.1 Å². The van der Waals surface area contributed by atoms with Crippen molar-refractivity contribution in [1.82, 2.24) is 0 Å². The molecule has 0 amide bonds. The molecule has 5 heteroatoms. The van der Waals surface area contributed by atoms with Gasteiger partial charge in [-0.15, -0.1) is 11.9 Å². The second-order valence-corrected chi connectivity index (χ2v) is 3.28. The standard InChI is InChI=1S/C10H10BF3N/c1-3-8-4-10(11(12,13)14)5-9(6-15)7(8)2/h1,4-5H,6,15H2,2H3/q-1. The summed E-state index contributed by atoms with van der Waals surface area (Å²) in [5, 5.41) is 0. The highest BCUT2D eigenvalue weighted by Gasteiger charge is 2.26. The van der Waals surface area contributed by atoms with Crippen molar-refractivity contribution < 1.29 is 12.9 Å². The zero-order chi connectivity index (χ0) is 11.6. The van der Waals surface area contributed by atoms with Crippen molar-refractivity contribution in [3.63, 3.8) is 0 Å². The molecular weight excluding hydrogens is 202 g/mol. The summed E-state index contributed by atoms with van der Waals surface area (Å²) < 4.78 is 37.5. The zero-order valence-electron chi connectivity index (χ0n) is 8.23. The minimum atomic E-state index is -5.02. The van der Waals surface area contributed by atoms with E-state index in [2.05, 4.69) is 5.92 Å². The Hall–Kier alpha value is -1.41. The normalized spacial score (nSPS) is 11.2. The summed E-state index contributed by atoms with van der Waals surface area (Å²) in [6.45, 7) is -3.30. The van der Waals surface area contributed by atoms with Crippen LogP contribution in [0.5, 0.6) is 0 Å². The Morgan fingerprint density at radius 3 is 2.40 bits per heavy atom. The van der Waals surface area contributed by atoms with Crippen LogP contribution in [0.1, 0.15) is 16.7 Å². The van der Waals surface area contributed by atoms with Crippen LogP contribution in [0.3, 0.4) is 0 Å². The number of nitrogens with two attached hydrogens (primary N) is 1. The van der Waals surface area contributed by atoms with Gasteiger partial charge in [-0.2, -0.15) is 0 Å². The van der Waals surface area contributed by atoms with Gasteiger partial charge in [-0.1, -0.05) is 18.1 Å². The highest BCUT2D eigenvalue weighted by atomic mass is 19.4. The molecule has 1 aromatic carbocycles. The van der Waals surface area contributed by atoms with Crippen molar-refractivity contribution in [3.05, 3.63) is 28.8 Å². The Morgan fingerprint density at radius 2 is 2.00 bits per heavy atom. The first-order chi connectivity index (χ1) is 6.90. The van der Waals surface area contributed by atoms with Gasteiger partial charge in [0.05, 0.1) is 0 Å². The Balaban J connectivity index is 3.42. The summed E-state index contributed by atoms with van der Waals surface area (Å²) in [6, 6.07) is 2.06. The molecule has 0 bridgehead atoms. The summed E-state index contributed by atoms with van der Waals surface area (Å²) in [7, 11) is 0. The van der Waals surface area contributed by atoms with E-state index in [0.717, 1.165) is 12.1 Å². The smallest absolute Gasteiger partial charge is 0.445 e. The van der Waals surface area contributed by atoms with Crippen LogP contribution in [0.15, 0.2) is 12.1 Å². The first-order valence-electron chi connectivity index (χ1n) is 4.40. The van der Waals surface area contributed by atoms with Gasteiger partial charge in [-0.05, 0) is 18.1 Å². The van der Waals surface area contributed by atoms with Gasteiger partial charge in [-0.3, -0.25) is 0 Å². The number of rotatable bonds is 2. The molecule has 0 radical (unpaired) electrons. The van der Waals surface area contributed by atoms with E-state index >= 15 is 0 Å². The second-order valence-electron chi connectivity index (χ2n) is 3.28. The maximum Gasteiger partial charge on any atom is 0.509 e. The fourth-order valence-corrected chi connectivity index (χ4v) is 1.35. The summed E-state index contributed by atoms with van der Waals surface area (Å²) in [5.41, 5.74) is 6.01. The van der Waals surface area contributed by atoms with Crippen LogP contribution >= 0.6 is 0 Å². The zero-order valence-corrected chi connectivity index (χ0v) is 8.23. The molecule has 0 unspecified atom stereocenters. The van der Waals surface area contributed by atoms with Crippen molar-refractivity contribution in [2.75, 3.05) is 0 Å². The first kappa shape index (κ1) is 11.7. The highest BCUT2D eigenvalue weighted by molar-refractivity contribution is 6.73. The predicted octanol–water partition coefficient (Wildman–Crippen LogP) is 1.49. The molecule has 2 N–H and O–H groups in total. The average molecular weight is 212 g/mol. The lowest BCUT2D eigenvalue weighted by atomic mass is 9.77. The fraction of sp³-hybridized carbons (Fsp3) is 0.200. The monoisotopic (exact) mass is 212 g/mol. The lowest BCUT2D eigenvalue weighted by molar-refractivity contribution is 0.501. The van der Waals surface area contributed by atoms with Crippen molar-refractivity contribution in [1.29, 1.82) is 0 Å². The van der Waals surface area contributed by atoms with Gasteiger partial charge < -0.3 is 18.7 Å². The molecule has 15 heavy (non-hydrogen) atoms. The molecule has 1 aromatic rings. The largest absolute Gasteiger partial charge is 0.509 e. The lowest BCUT2D eigenvalue weighted by Gasteiger charge is -2.18. The van der Waals surface area contributed by atoms with E-state index in [1.54, 1.807) is 6.92 Å². The van der Waals surface area contributed by atoms with E-state index in [1.165, 1.54) is 0 Å². The van der Waals surface area contributed by atoms with Crippen molar-refractivity contribution >= 4 is 12.4 Å². The topological polar surface area (TPSA) is 26.0 Å². The molecule has 0 aliphatic carbocycles. The first-order valence-corrected chi connectivity index (χ1v) is 4.40. The van der Waals surface area contributed by atoms with E-state index in [1.807, 2.05) is 0 Å². The van der Waals surface area contributed by atoms with Crippen LogP contribution < -0.4 is 11.2 Å². The summed E-state index contributed by atoms with van der Waals surface area (Å²) in [5.74, 6) is 2.24. The van der Waals surface area contributed by atoms with E-state index < -0.39 is 12.4 Å². The van der Waals surface area contributed by atoms with Crippen LogP contribution in [0.2, 0.25) is 0 Å². The average Bonchev–Trinajstić information content (AvgIpc) is 2.16. The van der Waals surface area contributed by atoms with Crippen LogP contribution in [0.4, 0.5) is 12.9 Å². The molecule has 1 nitrogen and oxygen atoms in total. The number of hydrogen-bond acceptors (Lipinski definition) is 1. The molecule has 0 fully saturated rings. The van der Waals surface area contributed by atoms with Crippen molar-refractivity contribution in [2.45, 2.75) is 13.5 Å². The molecule has 0 aliphatic rings. The molecule has 80 valence electrons. The third-order valence-electron chi connectivity index (χ3n) is 2.29. The van der Waals surface area contributed by atoms with E-state index in [0.29, 0.717) is 11.1 Å². The number of halogens is 3. The van der Waals surface area contributed by atoms with Gasteiger partial charge in [0.15, 0.2) is 0 Å². The molecule has 0 aromatic heterocycles. The minimum Gasteiger partial charge on any atom is -0.445 e. The van der Waals surface area contributed by atoms with E-state index in [4.69, 9.17) is 12.2 Å². The van der Waals surface area contributed by atoms with Gasteiger partial charge in [-0.25, -0.2) is 0 Å². The van der Waals surface area contributed by atoms with Crippen LogP contribution in [0.25, 0.3) is 0 Å². The predicted molar refractivity (Wildman–Crippen MR) is 55.7 cm³/mol. The number of benzene rings is 1. The minimum absolute atomic E-state index is 0.0561. The van der Waals surface area contributed by atoms with Gasteiger partial charge in [0.25, 0.3) is 0 Å². The van der Waals surface area contributed by atoms with Crippen molar-refractivity contribution in [2.24, 2.45) is 5.73 Å². The maximum atomic E-state index is 12.5. The molecule has 1 rings (SSSR count). The van der Waals surface area contributed by atoms with Gasteiger partial charge in [0, 0.05) is 12.1 Å². The quantitative estimate of drug-likeness (QED) is 0.583. The van der Waals surface area contributed by atoms with Gasteiger partial charge in [0.1, 0.15) is 0 Å². The van der Waals surface area contributed by atoms with Crippen LogP contribution in [0, 0.1) is 19.3 Å². The fourth-order valence-electron chi connectivity index (χ4n) is 1.35. The molecule has 0 aliphatic heterocycles. The molecule has 0 atom stereocenters. The van der Waals surface area contributed by atoms with E-state index in [9.17, 15) is 12.9 Å². The molecule has 0 saturated heterocycles. The van der Waals surface area contributed by atoms with Crippen LogP contribution in [-0.4, -0.2) is 6.98 Å². The molecule has 0 spiro atoms. The Labute approximate surface area is 86.5 Å². The Bertz CT molecular complexity index is 418. The second kappa shape index (κ2) is 3.99. The van der Waals surface area contributed by atoms with Gasteiger partial charge >= 0.3 is 6.98 Å². The third-order valence-corrected chi connectivity index (χ3v) is 2.29. The number of terminal acetylenes is 1. The molecule has 0 heterocycles. The summed E-state index contributed by atoms with van der Waals surface area (Å²) in [6.07, 6.45) is 5.14. The summed E-state index contributed by atoms with van der Waals surface area (Å²) in [4.78, 5) is 0. The van der Waals surface area contributed by atoms with Crippen LogP contribution in [-0.2, 0) is 6.54 Å². The highest BCUT2D eigenvalue weighted by Crippen LogP contribution is 2.16. The lowest BCUT2D eigenvalue weighted by Crippen LogP contribution is -2.35. The maximum absolute atomic E-state index is 12.5. The third kappa shape index (κ3) is 2.34. The molecular formula is C10H10BF3N-. The number of hydrogen-bond donors (Lipinski definition) is 1. The SMILES string of the molecule is C#Cc1cc([B-](F)(F)F)cc(CN)c1C. The molecule has 0 saturated carbocycles. The van der Waals surface area contributed by atoms with Gasteiger partial charge in [0.2, 0.25) is 0 Å².